The molecular weight excluding hydrogens is 380 g/mol. The van der Waals surface area contributed by atoms with Gasteiger partial charge < -0.3 is 11.1 Å². The predicted octanol–water partition coefficient (Wildman–Crippen LogP) is 4.01. The molecule has 1 atom stereocenters. The molecule has 8 heteroatoms. The lowest BCUT2D eigenvalue weighted by molar-refractivity contribution is 0.576. The van der Waals surface area contributed by atoms with E-state index in [2.05, 4.69) is 20.5 Å². The molecule has 142 valence electrons. The minimum Gasteiger partial charge on any atom is -0.359 e. The van der Waals surface area contributed by atoms with E-state index in [-0.39, 0.29) is 6.04 Å². The van der Waals surface area contributed by atoms with Crippen molar-refractivity contribution in [3.05, 3.63) is 72.1 Å². The van der Waals surface area contributed by atoms with E-state index in [0.717, 1.165) is 27.4 Å². The van der Waals surface area contributed by atoms with Gasteiger partial charge in [-0.3, -0.25) is 4.98 Å². The third kappa shape index (κ3) is 4.29. The molecule has 0 fully saturated rings. The summed E-state index contributed by atoms with van der Waals surface area (Å²) >= 11 is 1.42. The van der Waals surface area contributed by atoms with Gasteiger partial charge >= 0.3 is 0 Å². The highest BCUT2D eigenvalue weighted by molar-refractivity contribution is 7.18. The van der Waals surface area contributed by atoms with E-state index in [1.165, 1.54) is 23.5 Å². The van der Waals surface area contributed by atoms with Gasteiger partial charge in [0.15, 0.2) is 0 Å². The molecular formula is C20H17F2N5S. The molecule has 0 aliphatic carbocycles. The Morgan fingerprint density at radius 3 is 2.64 bits per heavy atom. The van der Waals surface area contributed by atoms with Crippen LogP contribution in [0.3, 0.4) is 0 Å². The van der Waals surface area contributed by atoms with Crippen LogP contribution in [0.1, 0.15) is 5.56 Å². The number of aromatic nitrogens is 3. The van der Waals surface area contributed by atoms with Crippen LogP contribution in [0.5, 0.6) is 0 Å². The molecule has 0 saturated carbocycles. The first-order chi connectivity index (χ1) is 13.6. The molecule has 0 saturated heterocycles. The fourth-order valence-electron chi connectivity index (χ4n) is 2.95. The fraction of sp³-hybridized carbons (Fsp3) is 0.150. The Morgan fingerprint density at radius 1 is 1.00 bits per heavy atom. The van der Waals surface area contributed by atoms with Crippen molar-refractivity contribution in [3.8, 4) is 10.6 Å². The summed E-state index contributed by atoms with van der Waals surface area (Å²) in [5.41, 5.74) is 7.58. The zero-order chi connectivity index (χ0) is 19.5. The molecule has 5 nitrogen and oxygen atoms in total. The van der Waals surface area contributed by atoms with Gasteiger partial charge in [-0.1, -0.05) is 23.5 Å². The van der Waals surface area contributed by atoms with Gasteiger partial charge in [0.05, 0.1) is 0 Å². The quantitative estimate of drug-likeness (QED) is 0.514. The Morgan fingerprint density at radius 2 is 1.82 bits per heavy atom. The molecule has 0 amide bonds. The summed E-state index contributed by atoms with van der Waals surface area (Å²) in [6, 6.07) is 11.1. The van der Waals surface area contributed by atoms with Crippen molar-refractivity contribution in [3.63, 3.8) is 0 Å². The Bertz CT molecular complexity index is 1090. The Kier molecular flexibility index (Phi) is 5.23. The van der Waals surface area contributed by atoms with E-state index in [1.807, 2.05) is 30.5 Å². The predicted molar refractivity (Wildman–Crippen MR) is 107 cm³/mol. The standard InChI is InChI=1S/C20H17F2N5S/c21-16-5-12(6-17(22)9-16)7-18(23)11-25-20-27-26-19(28-20)14-1-2-15-10-24-4-3-13(15)8-14/h1-6,8-10,18H,7,11,23H2,(H,25,27)/t18-/m1/s1. The SMILES string of the molecule is N[C@@H](CNc1nnc(-c2ccc3cnccc3c2)s1)Cc1cc(F)cc(F)c1. The molecule has 0 bridgehead atoms. The lowest BCUT2D eigenvalue weighted by atomic mass is 10.1. The minimum absolute atomic E-state index is 0.318. The van der Waals surface area contributed by atoms with Gasteiger partial charge in [0.2, 0.25) is 5.13 Å². The molecule has 3 N–H and O–H groups in total. The minimum atomic E-state index is -0.602. The fourth-order valence-corrected chi connectivity index (χ4v) is 3.70. The van der Waals surface area contributed by atoms with Crippen molar-refractivity contribution in [2.75, 3.05) is 11.9 Å². The summed E-state index contributed by atoms with van der Waals surface area (Å²) in [6.07, 6.45) is 3.93. The van der Waals surface area contributed by atoms with E-state index >= 15 is 0 Å². The molecule has 0 radical (unpaired) electrons. The number of hydrogen-bond acceptors (Lipinski definition) is 6. The second-order valence-electron chi connectivity index (χ2n) is 6.47. The normalized spacial score (nSPS) is 12.2. The number of nitrogens with two attached hydrogens (primary N) is 1. The largest absolute Gasteiger partial charge is 0.359 e. The molecule has 0 spiro atoms. The van der Waals surface area contributed by atoms with E-state index < -0.39 is 11.6 Å². The van der Waals surface area contributed by atoms with Crippen molar-refractivity contribution in [1.82, 2.24) is 15.2 Å². The van der Waals surface area contributed by atoms with Gasteiger partial charge in [-0.2, -0.15) is 0 Å². The highest BCUT2D eigenvalue weighted by atomic mass is 32.1. The lowest BCUT2D eigenvalue weighted by Crippen LogP contribution is -2.31. The maximum atomic E-state index is 13.3. The Labute approximate surface area is 164 Å². The first-order valence-electron chi connectivity index (χ1n) is 8.69. The van der Waals surface area contributed by atoms with Crippen molar-refractivity contribution < 1.29 is 8.78 Å². The molecule has 2 aromatic heterocycles. The van der Waals surface area contributed by atoms with E-state index in [1.54, 1.807) is 6.20 Å². The monoisotopic (exact) mass is 397 g/mol. The zero-order valence-electron chi connectivity index (χ0n) is 14.8. The van der Waals surface area contributed by atoms with E-state index in [9.17, 15) is 8.78 Å². The molecule has 0 unspecified atom stereocenters. The Balaban J connectivity index is 1.40. The average Bonchev–Trinajstić information content (AvgIpc) is 3.14. The maximum Gasteiger partial charge on any atom is 0.206 e. The van der Waals surface area contributed by atoms with Crippen LogP contribution < -0.4 is 11.1 Å². The molecule has 2 heterocycles. The molecule has 0 aliphatic heterocycles. The number of hydrogen-bond donors (Lipinski definition) is 2. The van der Waals surface area contributed by atoms with Gasteiger partial charge in [0.1, 0.15) is 16.6 Å². The van der Waals surface area contributed by atoms with E-state index in [0.29, 0.717) is 23.7 Å². The first-order valence-corrected chi connectivity index (χ1v) is 9.50. The average molecular weight is 397 g/mol. The zero-order valence-corrected chi connectivity index (χ0v) is 15.6. The van der Waals surface area contributed by atoms with Gasteiger partial charge in [-0.15, -0.1) is 10.2 Å². The number of nitrogens with one attached hydrogen (secondary N) is 1. The summed E-state index contributed by atoms with van der Waals surface area (Å²) in [4.78, 5) is 4.11. The summed E-state index contributed by atoms with van der Waals surface area (Å²) in [7, 11) is 0. The second kappa shape index (κ2) is 7.95. The highest BCUT2D eigenvalue weighted by Crippen LogP contribution is 2.28. The van der Waals surface area contributed by atoms with Crippen LogP contribution in [0.25, 0.3) is 21.3 Å². The van der Waals surface area contributed by atoms with Gasteiger partial charge in [0, 0.05) is 42.0 Å². The summed E-state index contributed by atoms with van der Waals surface area (Å²) < 4.78 is 26.5. The maximum absolute atomic E-state index is 13.3. The number of rotatable bonds is 6. The van der Waals surface area contributed by atoms with E-state index in [4.69, 9.17) is 5.73 Å². The third-order valence-corrected chi connectivity index (χ3v) is 5.18. The van der Waals surface area contributed by atoms with Crippen LogP contribution in [0.4, 0.5) is 13.9 Å². The molecule has 4 aromatic rings. The van der Waals surface area contributed by atoms with Crippen molar-refractivity contribution in [2.24, 2.45) is 5.73 Å². The number of pyridine rings is 1. The highest BCUT2D eigenvalue weighted by Gasteiger charge is 2.10. The van der Waals surface area contributed by atoms with Crippen molar-refractivity contribution in [1.29, 1.82) is 0 Å². The van der Waals surface area contributed by atoms with Crippen LogP contribution >= 0.6 is 11.3 Å². The number of nitrogens with zero attached hydrogens (tertiary/aromatic N) is 3. The van der Waals surface area contributed by atoms with Crippen LogP contribution in [-0.4, -0.2) is 27.8 Å². The number of fused-ring (bicyclic) bond motifs is 1. The first kappa shape index (κ1) is 18.4. The van der Waals surface area contributed by atoms with Crippen molar-refractivity contribution in [2.45, 2.75) is 12.5 Å². The summed E-state index contributed by atoms with van der Waals surface area (Å²) in [5, 5.41) is 15.1. The van der Waals surface area contributed by atoms with Crippen LogP contribution in [-0.2, 0) is 6.42 Å². The number of benzene rings is 2. The Hall–Kier alpha value is -2.97. The summed E-state index contributed by atoms with van der Waals surface area (Å²) in [5.74, 6) is -1.20. The molecule has 4 rings (SSSR count). The smallest absolute Gasteiger partial charge is 0.206 e. The van der Waals surface area contributed by atoms with Crippen LogP contribution in [0, 0.1) is 11.6 Å². The van der Waals surface area contributed by atoms with Crippen molar-refractivity contribution >= 4 is 27.2 Å². The lowest BCUT2D eigenvalue weighted by Gasteiger charge is -2.12. The summed E-state index contributed by atoms with van der Waals surface area (Å²) in [6.45, 7) is 0.413. The van der Waals surface area contributed by atoms with Crippen LogP contribution in [0.15, 0.2) is 54.9 Å². The molecule has 28 heavy (non-hydrogen) atoms. The molecule has 2 aromatic carbocycles. The number of anilines is 1. The van der Waals surface area contributed by atoms with Gasteiger partial charge in [-0.05, 0) is 41.6 Å². The van der Waals surface area contributed by atoms with Crippen LogP contribution in [0.2, 0.25) is 0 Å². The topological polar surface area (TPSA) is 76.7 Å². The molecule has 0 aliphatic rings. The van der Waals surface area contributed by atoms with Gasteiger partial charge in [-0.25, -0.2) is 8.78 Å². The number of halogens is 2. The van der Waals surface area contributed by atoms with Gasteiger partial charge in [0.25, 0.3) is 0 Å². The second-order valence-corrected chi connectivity index (χ2v) is 7.45. The third-order valence-electron chi connectivity index (χ3n) is 4.25.